The molecule has 3 aliphatic rings. The third kappa shape index (κ3) is 9.15. The van der Waals surface area contributed by atoms with Gasteiger partial charge in [0.1, 0.15) is 23.9 Å². The van der Waals surface area contributed by atoms with Crippen LogP contribution in [0, 0.1) is 5.82 Å². The van der Waals surface area contributed by atoms with Crippen molar-refractivity contribution >= 4 is 16.9 Å². The highest BCUT2D eigenvalue weighted by Crippen LogP contribution is 2.50. The molecule has 1 fully saturated rings. The van der Waals surface area contributed by atoms with E-state index in [2.05, 4.69) is 10.0 Å². The Hall–Kier alpha value is -3.26. The van der Waals surface area contributed by atoms with E-state index in [1.54, 1.807) is 32.1 Å². The van der Waals surface area contributed by atoms with E-state index < -0.39 is 62.8 Å². The van der Waals surface area contributed by atoms with Crippen LogP contribution in [0.15, 0.2) is 82.9 Å². The van der Waals surface area contributed by atoms with E-state index in [0.29, 0.717) is 35.5 Å². The zero-order valence-electron chi connectivity index (χ0n) is 29.4. The molecule has 0 saturated heterocycles. The molecule has 0 spiro atoms. The molecule has 0 aromatic heterocycles. The van der Waals surface area contributed by atoms with Crippen molar-refractivity contribution in [1.29, 1.82) is 0 Å². The minimum absolute atomic E-state index is 0.0331. The second-order valence-corrected chi connectivity index (χ2v) is 15.5. The topological polar surface area (TPSA) is 106 Å². The van der Waals surface area contributed by atoms with E-state index in [0.717, 1.165) is 12.8 Å². The van der Waals surface area contributed by atoms with Crippen molar-refractivity contribution in [2.45, 2.75) is 101 Å². The van der Waals surface area contributed by atoms with Crippen LogP contribution in [0.3, 0.4) is 0 Å². The highest BCUT2D eigenvalue weighted by molar-refractivity contribution is 7.84. The fourth-order valence-corrected chi connectivity index (χ4v) is 6.67. The predicted molar refractivity (Wildman–Crippen MR) is 184 cm³/mol. The number of methoxy groups -OCH3 is 1. The first-order valence-corrected chi connectivity index (χ1v) is 18.0. The van der Waals surface area contributed by atoms with Gasteiger partial charge in [0.15, 0.2) is 5.60 Å². The lowest BCUT2D eigenvalue weighted by atomic mass is 9.74. The minimum Gasteiger partial charge on any atom is -0.495 e. The molecular weight excluding hydrogens is 676 g/mol. The quantitative estimate of drug-likeness (QED) is 0.0756. The van der Waals surface area contributed by atoms with E-state index in [1.807, 2.05) is 20.8 Å². The van der Waals surface area contributed by atoms with Crippen molar-refractivity contribution in [2.75, 3.05) is 26.9 Å². The third-order valence-corrected chi connectivity index (χ3v) is 11.2. The van der Waals surface area contributed by atoms with E-state index in [-0.39, 0.29) is 31.3 Å². The Morgan fingerprint density at radius 2 is 1.82 bits per heavy atom. The SMILES string of the molecule is CCC=C(C=CC(=CCOC)OC1CC1)C(=O)NCC(O)(C1=CC2=C(OCC2(C)NS(=O)C(C)(C)CC)C(c2ccc(F)cc2)C1)C(F)(F)F. The number of carbonyl (C=O) groups is 1. The van der Waals surface area contributed by atoms with Crippen LogP contribution >= 0.6 is 0 Å². The highest BCUT2D eigenvalue weighted by atomic mass is 32.2. The summed E-state index contributed by atoms with van der Waals surface area (Å²) in [5, 5.41) is 13.9. The van der Waals surface area contributed by atoms with Gasteiger partial charge in [-0.25, -0.2) is 13.3 Å². The summed E-state index contributed by atoms with van der Waals surface area (Å²) < 4.78 is 91.9. The summed E-state index contributed by atoms with van der Waals surface area (Å²) in [7, 11) is -0.0990. The number of allylic oxidation sites excluding steroid dienone is 3. The van der Waals surface area contributed by atoms with E-state index >= 15 is 13.2 Å². The first-order valence-electron chi connectivity index (χ1n) is 16.8. The smallest absolute Gasteiger partial charge is 0.422 e. The lowest BCUT2D eigenvalue weighted by Gasteiger charge is -2.38. The molecule has 4 rings (SSSR count). The molecule has 3 N–H and O–H groups in total. The lowest BCUT2D eigenvalue weighted by Crippen LogP contribution is -2.56. The molecule has 13 heteroatoms. The number of hydrogen-bond donors (Lipinski definition) is 3. The molecule has 1 aromatic rings. The zero-order valence-corrected chi connectivity index (χ0v) is 30.2. The molecule has 8 nitrogen and oxygen atoms in total. The van der Waals surface area contributed by atoms with Crippen molar-refractivity contribution in [3.63, 3.8) is 0 Å². The van der Waals surface area contributed by atoms with Gasteiger partial charge in [0.25, 0.3) is 5.91 Å². The Morgan fingerprint density at radius 1 is 1.14 bits per heavy atom. The summed E-state index contributed by atoms with van der Waals surface area (Å²) in [6.45, 7) is 8.03. The number of ether oxygens (including phenoxy) is 3. The van der Waals surface area contributed by atoms with Gasteiger partial charge in [-0.05, 0) is 94.4 Å². The van der Waals surface area contributed by atoms with Gasteiger partial charge in [-0.2, -0.15) is 13.2 Å². The molecule has 1 aliphatic heterocycles. The molecule has 1 amide bonds. The summed E-state index contributed by atoms with van der Waals surface area (Å²) in [5.41, 5.74) is -4.25. The van der Waals surface area contributed by atoms with Crippen molar-refractivity contribution < 1.29 is 45.9 Å². The second-order valence-electron chi connectivity index (χ2n) is 13.7. The molecule has 1 heterocycles. The number of hydrogen-bond acceptors (Lipinski definition) is 6. The van der Waals surface area contributed by atoms with Crippen LogP contribution in [0.5, 0.6) is 0 Å². The first kappa shape index (κ1) is 39.5. The summed E-state index contributed by atoms with van der Waals surface area (Å²) >= 11 is 0. The maximum absolute atomic E-state index is 15.1. The number of nitrogens with one attached hydrogen (secondary N) is 2. The number of aliphatic hydroxyl groups is 1. The monoisotopic (exact) mass is 724 g/mol. The summed E-state index contributed by atoms with van der Waals surface area (Å²) in [6.07, 6.45) is 4.83. The lowest BCUT2D eigenvalue weighted by molar-refractivity contribution is -0.242. The molecule has 4 unspecified atom stereocenters. The van der Waals surface area contributed by atoms with Gasteiger partial charge in [-0.3, -0.25) is 4.79 Å². The number of amides is 1. The van der Waals surface area contributed by atoms with E-state index in [9.17, 15) is 18.5 Å². The average molecular weight is 725 g/mol. The zero-order chi connectivity index (χ0) is 36.9. The van der Waals surface area contributed by atoms with Gasteiger partial charge in [0.2, 0.25) is 0 Å². The van der Waals surface area contributed by atoms with Crippen LogP contribution in [0.25, 0.3) is 0 Å². The van der Waals surface area contributed by atoms with Gasteiger partial charge in [-0.15, -0.1) is 0 Å². The summed E-state index contributed by atoms with van der Waals surface area (Å²) in [5.74, 6) is -1.35. The van der Waals surface area contributed by atoms with Crippen LogP contribution in [0.1, 0.15) is 78.2 Å². The molecule has 1 aromatic carbocycles. The molecule has 4 atom stereocenters. The predicted octanol–water partition coefficient (Wildman–Crippen LogP) is 6.74. The highest BCUT2D eigenvalue weighted by Gasteiger charge is 2.58. The van der Waals surface area contributed by atoms with Crippen LogP contribution in [-0.4, -0.2) is 70.3 Å². The van der Waals surface area contributed by atoms with Crippen molar-refractivity contribution in [3.05, 3.63) is 94.3 Å². The van der Waals surface area contributed by atoms with Gasteiger partial charge in [0.05, 0.1) is 40.5 Å². The number of rotatable bonds is 16. The number of carbonyl (C=O) groups excluding carboxylic acids is 1. The molecule has 276 valence electrons. The minimum atomic E-state index is -5.22. The fraction of sp³-hybridized carbons (Fsp3) is 0.541. The molecular formula is C37H48F4N2O6S. The number of halogens is 4. The Labute approximate surface area is 294 Å². The molecule has 0 radical (unpaired) electrons. The van der Waals surface area contributed by atoms with Crippen molar-refractivity contribution in [2.24, 2.45) is 0 Å². The standard InChI is InChI=1S/C37H48F4N2O6S/c1-7-9-25(12-15-29(18-19-47-6)49-28-16-17-28)33(44)42-22-36(45,37(39,40)41)26-20-30(24-10-13-27(38)14-11-24)32-31(21-26)35(5,23-48-32)43-50(46)34(3,4)8-2/h9-15,18,21,28,30,43,45H,7-8,16-17,19-20,22-23H2,1-6H3,(H,42,44). The summed E-state index contributed by atoms with van der Waals surface area (Å²) in [4.78, 5) is 13.4. The van der Waals surface area contributed by atoms with Crippen molar-refractivity contribution in [3.8, 4) is 0 Å². The molecule has 1 saturated carbocycles. The van der Waals surface area contributed by atoms with E-state index in [1.165, 1.54) is 43.5 Å². The van der Waals surface area contributed by atoms with Gasteiger partial charge >= 0.3 is 6.18 Å². The molecule has 0 bridgehead atoms. The fourth-order valence-electron chi connectivity index (χ4n) is 5.56. The van der Waals surface area contributed by atoms with Gasteiger partial charge in [0, 0.05) is 24.2 Å². The van der Waals surface area contributed by atoms with Crippen LogP contribution in [-0.2, 0) is 30.0 Å². The summed E-state index contributed by atoms with van der Waals surface area (Å²) in [6, 6.07) is 5.33. The average Bonchev–Trinajstić information content (AvgIpc) is 3.83. The molecule has 2 aliphatic carbocycles. The number of alkyl halides is 3. The van der Waals surface area contributed by atoms with Crippen LogP contribution in [0.4, 0.5) is 17.6 Å². The Bertz CT molecular complexity index is 1580. The largest absolute Gasteiger partial charge is 0.495 e. The van der Waals surface area contributed by atoms with Crippen LogP contribution in [0.2, 0.25) is 0 Å². The Morgan fingerprint density at radius 3 is 2.40 bits per heavy atom. The van der Waals surface area contributed by atoms with Crippen molar-refractivity contribution in [1.82, 2.24) is 10.0 Å². The maximum atomic E-state index is 15.1. The first-order chi connectivity index (χ1) is 23.5. The molecule has 50 heavy (non-hydrogen) atoms. The van der Waals surface area contributed by atoms with Crippen LogP contribution < -0.4 is 10.0 Å². The number of benzene rings is 1. The van der Waals surface area contributed by atoms with Gasteiger partial charge < -0.3 is 24.6 Å². The Kier molecular flexibility index (Phi) is 12.6. The Balaban J connectivity index is 1.69. The van der Waals surface area contributed by atoms with E-state index in [4.69, 9.17) is 14.2 Å². The third-order valence-electron chi connectivity index (χ3n) is 9.28. The van der Waals surface area contributed by atoms with Gasteiger partial charge in [-0.1, -0.05) is 38.1 Å². The second kappa shape index (κ2) is 16.0. The maximum Gasteiger partial charge on any atom is 0.422 e. The normalized spacial score (nSPS) is 23.7.